The molecule has 0 atom stereocenters. The van der Waals surface area contributed by atoms with Crippen LogP contribution < -0.4 is 0 Å². The van der Waals surface area contributed by atoms with Crippen LogP contribution in [0.15, 0.2) is 48.6 Å². The molecule has 0 fully saturated rings. The number of allylic oxidation sites excluding steroid dienone is 8. The van der Waals surface area contributed by atoms with E-state index in [0.717, 1.165) is 64.2 Å². The number of carboxylic acid groups (broad SMARTS) is 1. The van der Waals surface area contributed by atoms with Crippen molar-refractivity contribution in [1.29, 1.82) is 0 Å². The third-order valence-corrected chi connectivity index (χ3v) is 6.76. The molecular formula is C35H60O4. The lowest BCUT2D eigenvalue weighted by Gasteiger charge is -2.05. The van der Waals surface area contributed by atoms with Gasteiger partial charge in [-0.2, -0.15) is 0 Å². The van der Waals surface area contributed by atoms with Gasteiger partial charge in [0.25, 0.3) is 0 Å². The molecule has 0 aliphatic carbocycles. The number of aliphatic carboxylic acids is 1. The molecule has 0 spiro atoms. The number of carbonyl (C=O) groups is 2. The zero-order chi connectivity index (χ0) is 28.5. The first kappa shape index (κ1) is 36.9. The molecular weight excluding hydrogens is 484 g/mol. The Hall–Kier alpha value is -2.10. The summed E-state index contributed by atoms with van der Waals surface area (Å²) in [6.07, 6.45) is 42.5. The first-order valence-corrected chi connectivity index (χ1v) is 16.1. The van der Waals surface area contributed by atoms with Gasteiger partial charge in [0.15, 0.2) is 0 Å². The third kappa shape index (κ3) is 33.9. The lowest BCUT2D eigenvalue weighted by Crippen LogP contribution is -2.05. The van der Waals surface area contributed by atoms with E-state index < -0.39 is 5.97 Å². The van der Waals surface area contributed by atoms with Crippen LogP contribution in [-0.2, 0) is 14.3 Å². The van der Waals surface area contributed by atoms with E-state index in [1.807, 2.05) is 0 Å². The summed E-state index contributed by atoms with van der Waals surface area (Å²) >= 11 is 0. The summed E-state index contributed by atoms with van der Waals surface area (Å²) in [6.45, 7) is 2.80. The fraction of sp³-hybridized carbons (Fsp3) is 0.714. The molecule has 0 amide bonds. The van der Waals surface area contributed by atoms with Crippen molar-refractivity contribution >= 4 is 11.9 Å². The Morgan fingerprint density at radius 1 is 0.513 bits per heavy atom. The molecule has 0 aromatic rings. The van der Waals surface area contributed by atoms with Crippen molar-refractivity contribution in [2.75, 3.05) is 6.61 Å². The minimum absolute atomic E-state index is 0.0613. The molecule has 0 aliphatic rings. The molecule has 0 radical (unpaired) electrons. The second kappa shape index (κ2) is 32.1. The van der Waals surface area contributed by atoms with Gasteiger partial charge >= 0.3 is 11.9 Å². The van der Waals surface area contributed by atoms with Crippen molar-refractivity contribution in [3.05, 3.63) is 48.6 Å². The van der Waals surface area contributed by atoms with Gasteiger partial charge in [0.2, 0.25) is 0 Å². The highest BCUT2D eigenvalue weighted by atomic mass is 16.5. The molecule has 0 rings (SSSR count). The van der Waals surface area contributed by atoms with Crippen LogP contribution in [0.2, 0.25) is 0 Å². The number of carboxylic acids is 1. The number of unbranched alkanes of at least 4 members (excludes halogenated alkanes) is 15. The number of ether oxygens (including phenoxy) is 1. The van der Waals surface area contributed by atoms with E-state index in [0.29, 0.717) is 19.4 Å². The van der Waals surface area contributed by atoms with Gasteiger partial charge in [-0.25, -0.2) is 0 Å². The monoisotopic (exact) mass is 544 g/mol. The Morgan fingerprint density at radius 3 is 1.44 bits per heavy atom. The topological polar surface area (TPSA) is 63.6 Å². The molecule has 4 heteroatoms. The van der Waals surface area contributed by atoms with E-state index in [1.165, 1.54) is 70.6 Å². The average Bonchev–Trinajstić information content (AvgIpc) is 2.92. The Morgan fingerprint density at radius 2 is 0.949 bits per heavy atom. The van der Waals surface area contributed by atoms with Gasteiger partial charge in [0.1, 0.15) is 0 Å². The highest BCUT2D eigenvalue weighted by Gasteiger charge is 2.01. The number of esters is 1. The SMILES string of the molecule is CCCCC/C=C\C/C=C\C/C=C\C/C=C\CCCC(=O)OCCCCCCCCCCCCCCC(=O)O. The second-order valence-corrected chi connectivity index (χ2v) is 10.6. The van der Waals surface area contributed by atoms with Gasteiger partial charge in [-0.05, 0) is 57.8 Å². The van der Waals surface area contributed by atoms with Crippen LogP contribution in [0, 0.1) is 0 Å². The number of hydrogen-bond acceptors (Lipinski definition) is 3. The van der Waals surface area contributed by atoms with E-state index in [2.05, 4.69) is 55.5 Å². The van der Waals surface area contributed by atoms with Crippen LogP contribution in [0.4, 0.5) is 0 Å². The third-order valence-electron chi connectivity index (χ3n) is 6.76. The Bertz CT molecular complexity index is 660. The molecule has 0 unspecified atom stereocenters. The smallest absolute Gasteiger partial charge is 0.305 e. The minimum Gasteiger partial charge on any atom is -0.481 e. The maximum atomic E-state index is 11.9. The molecule has 0 bridgehead atoms. The summed E-state index contributed by atoms with van der Waals surface area (Å²) in [5, 5.41) is 8.61. The molecule has 1 N–H and O–H groups in total. The quantitative estimate of drug-likeness (QED) is 0.0578. The highest BCUT2D eigenvalue weighted by molar-refractivity contribution is 5.69. The van der Waals surface area contributed by atoms with Crippen molar-refractivity contribution in [1.82, 2.24) is 0 Å². The highest BCUT2D eigenvalue weighted by Crippen LogP contribution is 2.13. The summed E-state index contributed by atoms with van der Waals surface area (Å²) in [7, 11) is 0. The van der Waals surface area contributed by atoms with Crippen LogP contribution in [-0.4, -0.2) is 23.7 Å². The maximum absolute atomic E-state index is 11.9. The first-order chi connectivity index (χ1) is 19.2. The fourth-order valence-corrected chi connectivity index (χ4v) is 4.33. The van der Waals surface area contributed by atoms with Crippen molar-refractivity contribution in [3.8, 4) is 0 Å². The maximum Gasteiger partial charge on any atom is 0.305 e. The Labute approximate surface area is 241 Å². The number of hydrogen-bond donors (Lipinski definition) is 1. The zero-order valence-corrected chi connectivity index (χ0v) is 25.3. The summed E-state index contributed by atoms with van der Waals surface area (Å²) in [5.74, 6) is -0.740. The van der Waals surface area contributed by atoms with Crippen molar-refractivity contribution in [2.24, 2.45) is 0 Å². The predicted octanol–water partition coefficient (Wildman–Crippen LogP) is 10.8. The predicted molar refractivity (Wildman–Crippen MR) is 167 cm³/mol. The van der Waals surface area contributed by atoms with Crippen LogP contribution in [0.25, 0.3) is 0 Å². The van der Waals surface area contributed by atoms with Crippen molar-refractivity contribution in [2.45, 2.75) is 155 Å². The van der Waals surface area contributed by atoms with Crippen molar-refractivity contribution in [3.63, 3.8) is 0 Å². The normalized spacial score (nSPS) is 12.0. The van der Waals surface area contributed by atoms with Gasteiger partial charge in [-0.3, -0.25) is 9.59 Å². The fourth-order valence-electron chi connectivity index (χ4n) is 4.33. The number of rotatable bonds is 29. The van der Waals surface area contributed by atoms with Gasteiger partial charge < -0.3 is 9.84 Å². The van der Waals surface area contributed by atoms with E-state index in [-0.39, 0.29) is 5.97 Å². The Balaban J connectivity index is 3.36. The van der Waals surface area contributed by atoms with Gasteiger partial charge in [0, 0.05) is 12.8 Å². The summed E-state index contributed by atoms with van der Waals surface area (Å²) in [6, 6.07) is 0. The largest absolute Gasteiger partial charge is 0.481 e. The molecule has 224 valence electrons. The standard InChI is InChI=1S/C35H60O4/c1-2-3-4-5-6-7-8-9-10-11-12-13-17-20-23-26-29-32-35(38)39-33-30-27-24-21-18-15-14-16-19-22-25-28-31-34(36)37/h6-7,9-10,12-13,20,23H,2-5,8,11,14-19,21-22,24-33H2,1H3,(H,36,37)/b7-6-,10-9-,13-12-,23-20-. The Kier molecular flexibility index (Phi) is 30.4. The van der Waals surface area contributed by atoms with Crippen LogP contribution in [0.1, 0.15) is 155 Å². The lowest BCUT2D eigenvalue weighted by atomic mass is 10.0. The van der Waals surface area contributed by atoms with E-state index >= 15 is 0 Å². The zero-order valence-electron chi connectivity index (χ0n) is 25.3. The molecule has 0 heterocycles. The summed E-state index contributed by atoms with van der Waals surface area (Å²) in [5.41, 5.74) is 0. The summed E-state index contributed by atoms with van der Waals surface area (Å²) in [4.78, 5) is 22.3. The van der Waals surface area contributed by atoms with Crippen LogP contribution in [0.3, 0.4) is 0 Å². The molecule has 0 aliphatic heterocycles. The molecule has 39 heavy (non-hydrogen) atoms. The number of carbonyl (C=O) groups excluding carboxylic acids is 1. The molecule has 0 saturated carbocycles. The lowest BCUT2D eigenvalue weighted by molar-refractivity contribution is -0.144. The van der Waals surface area contributed by atoms with Gasteiger partial charge in [-0.1, -0.05) is 133 Å². The van der Waals surface area contributed by atoms with E-state index in [4.69, 9.17) is 9.84 Å². The molecule has 0 aromatic carbocycles. The van der Waals surface area contributed by atoms with E-state index in [1.54, 1.807) is 0 Å². The molecule has 4 nitrogen and oxygen atoms in total. The van der Waals surface area contributed by atoms with Crippen LogP contribution in [0.5, 0.6) is 0 Å². The molecule has 0 saturated heterocycles. The van der Waals surface area contributed by atoms with Gasteiger partial charge in [-0.15, -0.1) is 0 Å². The minimum atomic E-state index is -0.679. The van der Waals surface area contributed by atoms with E-state index in [9.17, 15) is 9.59 Å². The first-order valence-electron chi connectivity index (χ1n) is 16.1. The second-order valence-electron chi connectivity index (χ2n) is 10.6. The van der Waals surface area contributed by atoms with Crippen LogP contribution >= 0.6 is 0 Å². The summed E-state index contributed by atoms with van der Waals surface area (Å²) < 4.78 is 5.37. The average molecular weight is 545 g/mol. The van der Waals surface area contributed by atoms with Crippen molar-refractivity contribution < 1.29 is 19.4 Å². The molecule has 0 aromatic heterocycles. The van der Waals surface area contributed by atoms with Gasteiger partial charge in [0.05, 0.1) is 6.61 Å².